The predicted octanol–water partition coefficient (Wildman–Crippen LogP) is 3.14. The number of nitrogens with zero attached hydrogens (tertiary/aromatic N) is 2. The Morgan fingerprint density at radius 1 is 1.20 bits per heavy atom. The summed E-state index contributed by atoms with van der Waals surface area (Å²) in [5.74, 6) is 0. The van der Waals surface area contributed by atoms with E-state index in [0.29, 0.717) is 11.4 Å². The normalized spacial score (nSPS) is 17.9. The SMILES string of the molecule is O=[N+]([O-])c1ccc2c(c1)[S+]([O-])N(Cc1ccccc1)S2. The zero-order valence-electron chi connectivity index (χ0n) is 10.3. The van der Waals surface area contributed by atoms with Crippen LogP contribution < -0.4 is 0 Å². The van der Waals surface area contributed by atoms with Crippen molar-refractivity contribution in [3.05, 3.63) is 64.2 Å². The lowest BCUT2D eigenvalue weighted by atomic mass is 10.2. The second-order valence-corrected chi connectivity index (χ2v) is 6.88. The van der Waals surface area contributed by atoms with Crippen molar-refractivity contribution in [2.24, 2.45) is 0 Å². The zero-order chi connectivity index (χ0) is 14.1. The third kappa shape index (κ3) is 2.53. The molecule has 0 saturated carbocycles. The van der Waals surface area contributed by atoms with Gasteiger partial charge in [0.15, 0.2) is 4.90 Å². The second-order valence-electron chi connectivity index (χ2n) is 4.21. The second kappa shape index (κ2) is 5.45. The van der Waals surface area contributed by atoms with E-state index in [1.165, 1.54) is 24.1 Å². The number of hydrogen-bond donors (Lipinski definition) is 0. The van der Waals surface area contributed by atoms with Crippen LogP contribution in [0.5, 0.6) is 0 Å². The molecule has 1 atom stereocenters. The fourth-order valence-corrected chi connectivity index (χ4v) is 4.64. The first-order valence-electron chi connectivity index (χ1n) is 5.85. The maximum Gasteiger partial charge on any atom is 0.274 e. The third-order valence-electron chi connectivity index (χ3n) is 2.87. The van der Waals surface area contributed by atoms with Crippen molar-refractivity contribution >= 4 is 29.0 Å². The van der Waals surface area contributed by atoms with E-state index in [4.69, 9.17) is 0 Å². The number of benzene rings is 2. The Bertz CT molecular complexity index is 651. The van der Waals surface area contributed by atoms with Crippen molar-refractivity contribution < 1.29 is 9.48 Å². The van der Waals surface area contributed by atoms with E-state index in [2.05, 4.69) is 0 Å². The molecule has 5 nitrogen and oxygen atoms in total. The van der Waals surface area contributed by atoms with Gasteiger partial charge in [-0.3, -0.25) is 10.1 Å². The molecule has 0 N–H and O–H groups in total. The van der Waals surface area contributed by atoms with Gasteiger partial charge in [-0.05, 0) is 11.6 Å². The van der Waals surface area contributed by atoms with Crippen LogP contribution in [0.2, 0.25) is 0 Å². The standard InChI is InChI=1S/C13H10N2O3S2/c16-15(17)11-6-7-12-13(8-11)20(18)14(19-12)9-10-4-2-1-3-5-10/h1-8H,9H2. The third-order valence-corrected chi connectivity index (χ3v) is 5.72. The van der Waals surface area contributed by atoms with Gasteiger partial charge in [0.1, 0.15) is 0 Å². The van der Waals surface area contributed by atoms with Crippen LogP contribution in [0, 0.1) is 10.1 Å². The van der Waals surface area contributed by atoms with Gasteiger partial charge in [0.05, 0.1) is 33.8 Å². The first-order valence-corrected chi connectivity index (χ1v) is 7.73. The molecule has 0 saturated heterocycles. The molecule has 3 rings (SSSR count). The van der Waals surface area contributed by atoms with E-state index in [0.717, 1.165) is 10.5 Å². The highest BCUT2D eigenvalue weighted by Gasteiger charge is 2.36. The molecule has 1 aliphatic heterocycles. The lowest BCUT2D eigenvalue weighted by molar-refractivity contribution is -0.385. The fourth-order valence-electron chi connectivity index (χ4n) is 1.90. The molecule has 0 spiro atoms. The van der Waals surface area contributed by atoms with E-state index in [-0.39, 0.29) is 5.69 Å². The molecule has 102 valence electrons. The lowest BCUT2D eigenvalue weighted by Crippen LogP contribution is -2.19. The Hall–Kier alpha value is -1.54. The summed E-state index contributed by atoms with van der Waals surface area (Å²) in [6, 6.07) is 14.2. The van der Waals surface area contributed by atoms with Crippen LogP contribution in [-0.4, -0.2) is 13.2 Å². The molecule has 1 aliphatic rings. The van der Waals surface area contributed by atoms with E-state index >= 15 is 0 Å². The number of non-ortho nitro benzene ring substituents is 1. The number of nitro groups is 1. The molecule has 1 heterocycles. The molecule has 2 aromatic carbocycles. The monoisotopic (exact) mass is 306 g/mol. The summed E-state index contributed by atoms with van der Waals surface area (Å²) in [6.45, 7) is 0.528. The summed E-state index contributed by atoms with van der Waals surface area (Å²) in [6.07, 6.45) is 0. The zero-order valence-corrected chi connectivity index (χ0v) is 11.9. The molecule has 0 fully saturated rings. The molecule has 1 unspecified atom stereocenters. The molecule has 0 aromatic heterocycles. The van der Waals surface area contributed by atoms with Crippen LogP contribution in [0.15, 0.2) is 58.3 Å². The molecule has 0 bridgehead atoms. The van der Waals surface area contributed by atoms with E-state index in [9.17, 15) is 14.7 Å². The van der Waals surface area contributed by atoms with Crippen molar-refractivity contribution in [1.29, 1.82) is 0 Å². The first-order chi connectivity index (χ1) is 9.65. The number of hydrogen-bond acceptors (Lipinski definition) is 5. The van der Waals surface area contributed by atoms with Gasteiger partial charge in [-0.2, -0.15) is 0 Å². The molecule has 7 heteroatoms. The van der Waals surface area contributed by atoms with Crippen molar-refractivity contribution in [1.82, 2.24) is 3.71 Å². The highest BCUT2D eigenvalue weighted by Crippen LogP contribution is 2.43. The van der Waals surface area contributed by atoms with Gasteiger partial charge < -0.3 is 4.55 Å². The number of rotatable bonds is 3. The van der Waals surface area contributed by atoms with Gasteiger partial charge in [0, 0.05) is 18.0 Å². The maximum atomic E-state index is 12.4. The highest BCUT2D eigenvalue weighted by atomic mass is 32.3. The summed E-state index contributed by atoms with van der Waals surface area (Å²) in [7, 11) is 0. The summed E-state index contributed by atoms with van der Waals surface area (Å²) in [4.78, 5) is 11.6. The van der Waals surface area contributed by atoms with Crippen LogP contribution in [-0.2, 0) is 17.9 Å². The van der Waals surface area contributed by atoms with Crippen molar-refractivity contribution in [3.63, 3.8) is 0 Å². The van der Waals surface area contributed by atoms with E-state index in [1.807, 2.05) is 30.3 Å². The molecular weight excluding hydrogens is 296 g/mol. The molecule has 0 radical (unpaired) electrons. The Labute approximate surface area is 123 Å². The van der Waals surface area contributed by atoms with Gasteiger partial charge in [0.25, 0.3) is 5.69 Å². The van der Waals surface area contributed by atoms with Crippen LogP contribution in [0.3, 0.4) is 0 Å². The van der Waals surface area contributed by atoms with Crippen LogP contribution in [0.25, 0.3) is 0 Å². The van der Waals surface area contributed by atoms with Gasteiger partial charge in [0.2, 0.25) is 0 Å². The van der Waals surface area contributed by atoms with Crippen LogP contribution in [0.1, 0.15) is 5.56 Å². The summed E-state index contributed by atoms with van der Waals surface area (Å²) < 4.78 is 14.1. The average molecular weight is 306 g/mol. The topological polar surface area (TPSA) is 69.4 Å². The minimum absolute atomic E-state index is 0.0285. The number of fused-ring (bicyclic) bond motifs is 1. The maximum absolute atomic E-state index is 12.4. The molecule has 20 heavy (non-hydrogen) atoms. The minimum Gasteiger partial charge on any atom is -0.592 e. The van der Waals surface area contributed by atoms with Crippen molar-refractivity contribution in [3.8, 4) is 0 Å². The highest BCUT2D eigenvalue weighted by molar-refractivity contribution is 8.11. The lowest BCUT2D eigenvalue weighted by Gasteiger charge is -2.14. The van der Waals surface area contributed by atoms with Gasteiger partial charge in [-0.1, -0.05) is 34.0 Å². The Morgan fingerprint density at radius 2 is 1.95 bits per heavy atom. The van der Waals surface area contributed by atoms with Gasteiger partial charge in [-0.15, -0.1) is 0 Å². The Kier molecular flexibility index (Phi) is 3.66. The predicted molar refractivity (Wildman–Crippen MR) is 77.3 cm³/mol. The number of nitro benzene ring substituents is 1. The minimum atomic E-state index is -1.37. The summed E-state index contributed by atoms with van der Waals surface area (Å²) in [5.41, 5.74) is 1.02. The molecular formula is C13H10N2O3S2. The van der Waals surface area contributed by atoms with Gasteiger partial charge in [-0.25, -0.2) is 0 Å². The Morgan fingerprint density at radius 3 is 2.65 bits per heavy atom. The first kappa shape index (κ1) is 13.4. The quantitative estimate of drug-likeness (QED) is 0.377. The van der Waals surface area contributed by atoms with Crippen molar-refractivity contribution in [2.45, 2.75) is 16.3 Å². The van der Waals surface area contributed by atoms with Crippen LogP contribution in [0.4, 0.5) is 5.69 Å². The van der Waals surface area contributed by atoms with Crippen molar-refractivity contribution in [2.75, 3.05) is 0 Å². The summed E-state index contributed by atoms with van der Waals surface area (Å²) >= 11 is -0.000930. The summed E-state index contributed by atoms with van der Waals surface area (Å²) in [5, 5.41) is 10.8. The molecule has 0 amide bonds. The van der Waals surface area contributed by atoms with E-state index < -0.39 is 16.3 Å². The fraction of sp³-hybridized carbons (Fsp3) is 0.0769. The molecule has 0 aliphatic carbocycles. The smallest absolute Gasteiger partial charge is 0.274 e. The van der Waals surface area contributed by atoms with Gasteiger partial charge >= 0.3 is 0 Å². The van der Waals surface area contributed by atoms with E-state index in [1.54, 1.807) is 9.78 Å². The molecule has 2 aromatic rings. The Balaban J connectivity index is 1.83. The largest absolute Gasteiger partial charge is 0.592 e. The van der Waals surface area contributed by atoms with Crippen LogP contribution >= 0.6 is 11.9 Å². The average Bonchev–Trinajstić information content (AvgIpc) is 2.76.